The van der Waals surface area contributed by atoms with E-state index in [1.807, 2.05) is 0 Å². The molecule has 3 heteroatoms. The fourth-order valence-electron chi connectivity index (χ4n) is 4.35. The van der Waals surface area contributed by atoms with E-state index in [0.717, 1.165) is 31.9 Å². The molecule has 26 heavy (non-hydrogen) atoms. The van der Waals surface area contributed by atoms with E-state index in [-0.39, 0.29) is 0 Å². The first-order valence-corrected chi connectivity index (χ1v) is 10.1. The fourth-order valence-corrected chi connectivity index (χ4v) is 4.35. The van der Waals surface area contributed by atoms with Gasteiger partial charge < -0.3 is 15.4 Å². The molecule has 2 aliphatic heterocycles. The second-order valence-electron chi connectivity index (χ2n) is 7.63. The summed E-state index contributed by atoms with van der Waals surface area (Å²) in [4.78, 5) is 0. The van der Waals surface area contributed by atoms with Gasteiger partial charge >= 0.3 is 0 Å². The first-order valence-electron chi connectivity index (χ1n) is 10.1. The Morgan fingerprint density at radius 2 is 1.38 bits per heavy atom. The number of nitrogens with one attached hydrogen (secondary N) is 2. The molecule has 0 bridgehead atoms. The minimum absolute atomic E-state index is 0.561. The highest BCUT2D eigenvalue weighted by Gasteiger charge is 2.25. The van der Waals surface area contributed by atoms with Gasteiger partial charge in [0.25, 0.3) is 0 Å². The van der Waals surface area contributed by atoms with E-state index in [0.29, 0.717) is 18.4 Å². The lowest BCUT2D eigenvalue weighted by Gasteiger charge is -2.30. The maximum Gasteiger partial charge on any atom is 0.126 e. The summed E-state index contributed by atoms with van der Waals surface area (Å²) in [6.45, 7) is 5.05. The van der Waals surface area contributed by atoms with Gasteiger partial charge in [-0.05, 0) is 55.5 Å². The third kappa shape index (κ3) is 4.11. The quantitative estimate of drug-likeness (QED) is 0.848. The van der Waals surface area contributed by atoms with Crippen LogP contribution in [0.4, 0.5) is 0 Å². The smallest absolute Gasteiger partial charge is 0.126 e. The van der Waals surface area contributed by atoms with Gasteiger partial charge in [0, 0.05) is 24.9 Å². The largest absolute Gasteiger partial charge is 0.488 e. The number of ether oxygens (including phenoxy) is 1. The Bertz CT molecular complexity index is 652. The van der Waals surface area contributed by atoms with Crippen molar-refractivity contribution in [3.8, 4) is 5.75 Å². The number of piperidine rings is 2. The number of para-hydroxylation sites is 1. The van der Waals surface area contributed by atoms with Crippen LogP contribution in [-0.2, 0) is 6.61 Å². The van der Waals surface area contributed by atoms with Crippen LogP contribution >= 0.6 is 0 Å². The second-order valence-corrected chi connectivity index (χ2v) is 7.63. The minimum Gasteiger partial charge on any atom is -0.488 e. The van der Waals surface area contributed by atoms with Crippen molar-refractivity contribution in [2.75, 3.05) is 26.2 Å². The average Bonchev–Trinajstić information content (AvgIpc) is 2.74. The molecule has 2 fully saturated rings. The van der Waals surface area contributed by atoms with E-state index >= 15 is 0 Å². The molecule has 2 aromatic carbocycles. The monoisotopic (exact) mass is 350 g/mol. The Morgan fingerprint density at radius 3 is 1.92 bits per heavy atom. The van der Waals surface area contributed by atoms with Gasteiger partial charge in [-0.3, -0.25) is 0 Å². The Morgan fingerprint density at radius 1 is 0.769 bits per heavy atom. The van der Waals surface area contributed by atoms with Crippen LogP contribution in [0.2, 0.25) is 0 Å². The summed E-state index contributed by atoms with van der Waals surface area (Å²) in [6.07, 6.45) is 5.00. The van der Waals surface area contributed by atoms with Crippen molar-refractivity contribution in [2.24, 2.45) is 0 Å². The van der Waals surface area contributed by atoms with Gasteiger partial charge in [-0.1, -0.05) is 48.5 Å². The maximum atomic E-state index is 6.51. The van der Waals surface area contributed by atoms with E-state index < -0.39 is 0 Å². The molecule has 0 spiro atoms. The molecule has 138 valence electrons. The molecule has 0 amide bonds. The highest BCUT2D eigenvalue weighted by Crippen LogP contribution is 2.39. The molecular weight excluding hydrogens is 320 g/mol. The summed E-state index contributed by atoms with van der Waals surface area (Å²) in [6, 6.07) is 17.3. The Balaban J connectivity index is 1.63. The zero-order valence-electron chi connectivity index (χ0n) is 15.5. The fraction of sp³-hybridized carbons (Fsp3) is 0.478. The summed E-state index contributed by atoms with van der Waals surface area (Å²) < 4.78 is 6.51. The molecule has 2 unspecified atom stereocenters. The zero-order chi connectivity index (χ0) is 17.6. The lowest BCUT2D eigenvalue weighted by atomic mass is 9.85. The van der Waals surface area contributed by atoms with Crippen LogP contribution in [0.1, 0.15) is 54.2 Å². The van der Waals surface area contributed by atoms with E-state index in [9.17, 15) is 0 Å². The molecule has 0 radical (unpaired) electrons. The standard InChI is InChI=1S/C23H30N2O/c1-2-7-18(8-3-1)17-26-23-21(19-9-5-13-24-15-19)11-4-12-22(23)20-10-6-14-25-16-20/h1-4,7-8,11-12,19-20,24-25H,5-6,9-10,13-17H2. The van der Waals surface area contributed by atoms with Crippen LogP contribution in [0.5, 0.6) is 5.75 Å². The summed E-state index contributed by atoms with van der Waals surface area (Å²) >= 11 is 0. The molecule has 2 saturated heterocycles. The molecule has 0 saturated carbocycles. The van der Waals surface area contributed by atoms with Crippen LogP contribution < -0.4 is 15.4 Å². The third-order valence-corrected chi connectivity index (χ3v) is 5.78. The van der Waals surface area contributed by atoms with Gasteiger partial charge in [0.15, 0.2) is 0 Å². The van der Waals surface area contributed by atoms with Crippen molar-refractivity contribution >= 4 is 0 Å². The number of rotatable bonds is 5. The van der Waals surface area contributed by atoms with E-state index in [1.54, 1.807) is 0 Å². The van der Waals surface area contributed by atoms with E-state index in [2.05, 4.69) is 59.2 Å². The van der Waals surface area contributed by atoms with Crippen LogP contribution in [0, 0.1) is 0 Å². The topological polar surface area (TPSA) is 33.3 Å². The maximum absolute atomic E-state index is 6.51. The summed E-state index contributed by atoms with van der Waals surface area (Å²) in [5.41, 5.74) is 4.03. The lowest BCUT2D eigenvalue weighted by Crippen LogP contribution is -2.30. The first kappa shape index (κ1) is 17.6. The highest BCUT2D eigenvalue weighted by atomic mass is 16.5. The van der Waals surface area contributed by atoms with Crippen LogP contribution in [0.3, 0.4) is 0 Å². The molecular formula is C23H30N2O. The van der Waals surface area contributed by atoms with Crippen LogP contribution in [-0.4, -0.2) is 26.2 Å². The predicted molar refractivity (Wildman–Crippen MR) is 107 cm³/mol. The van der Waals surface area contributed by atoms with Crippen LogP contribution in [0.15, 0.2) is 48.5 Å². The normalized spacial score (nSPS) is 23.5. The molecule has 2 heterocycles. The van der Waals surface area contributed by atoms with Gasteiger partial charge in [0.05, 0.1) is 0 Å². The van der Waals surface area contributed by atoms with Gasteiger partial charge in [-0.2, -0.15) is 0 Å². The molecule has 0 aromatic heterocycles. The van der Waals surface area contributed by atoms with Crippen molar-refractivity contribution < 1.29 is 4.74 Å². The average molecular weight is 351 g/mol. The predicted octanol–water partition coefficient (Wildman–Crippen LogP) is 4.20. The van der Waals surface area contributed by atoms with Crippen molar-refractivity contribution in [2.45, 2.75) is 44.1 Å². The Labute approximate surface area is 157 Å². The van der Waals surface area contributed by atoms with Gasteiger partial charge in [0.1, 0.15) is 12.4 Å². The molecule has 2 aliphatic rings. The van der Waals surface area contributed by atoms with E-state index in [1.165, 1.54) is 42.4 Å². The number of hydrogen-bond donors (Lipinski definition) is 2. The van der Waals surface area contributed by atoms with Crippen molar-refractivity contribution in [1.29, 1.82) is 0 Å². The third-order valence-electron chi connectivity index (χ3n) is 5.78. The minimum atomic E-state index is 0.561. The highest BCUT2D eigenvalue weighted by molar-refractivity contribution is 5.46. The molecule has 4 rings (SSSR count). The summed E-state index contributed by atoms with van der Waals surface area (Å²) in [7, 11) is 0. The van der Waals surface area contributed by atoms with Gasteiger partial charge in [-0.15, -0.1) is 0 Å². The van der Waals surface area contributed by atoms with Gasteiger partial charge in [-0.25, -0.2) is 0 Å². The lowest BCUT2D eigenvalue weighted by molar-refractivity contribution is 0.290. The molecule has 0 aliphatic carbocycles. The van der Waals surface area contributed by atoms with E-state index in [4.69, 9.17) is 4.74 Å². The Kier molecular flexibility index (Phi) is 5.88. The van der Waals surface area contributed by atoms with Crippen molar-refractivity contribution in [3.63, 3.8) is 0 Å². The molecule has 2 atom stereocenters. The van der Waals surface area contributed by atoms with Crippen molar-refractivity contribution in [1.82, 2.24) is 10.6 Å². The number of hydrogen-bond acceptors (Lipinski definition) is 3. The van der Waals surface area contributed by atoms with Gasteiger partial charge in [0.2, 0.25) is 0 Å². The number of benzene rings is 2. The van der Waals surface area contributed by atoms with Crippen molar-refractivity contribution in [3.05, 3.63) is 65.2 Å². The second kappa shape index (κ2) is 8.70. The Hall–Kier alpha value is -1.84. The summed E-state index contributed by atoms with van der Waals surface area (Å²) in [5.74, 6) is 2.27. The first-order chi connectivity index (χ1) is 12.9. The zero-order valence-corrected chi connectivity index (χ0v) is 15.5. The SMILES string of the molecule is c1ccc(COc2c(C3CCCNC3)cccc2C2CCCNC2)cc1. The molecule has 3 nitrogen and oxygen atoms in total. The summed E-state index contributed by atoms with van der Waals surface area (Å²) in [5, 5.41) is 7.13. The molecule has 2 aromatic rings. The molecule has 2 N–H and O–H groups in total. The van der Waals surface area contributed by atoms with Crippen LogP contribution in [0.25, 0.3) is 0 Å².